The van der Waals surface area contributed by atoms with Gasteiger partial charge in [0, 0.05) is 22.7 Å². The zero-order valence-electron chi connectivity index (χ0n) is 16.7. The van der Waals surface area contributed by atoms with Crippen molar-refractivity contribution < 1.29 is 14.1 Å². The summed E-state index contributed by atoms with van der Waals surface area (Å²) in [4.78, 5) is 14.6. The lowest BCUT2D eigenvalue weighted by Gasteiger charge is -2.26. The number of hydrogen-bond acceptors (Lipinski definition) is 4. The van der Waals surface area contributed by atoms with Crippen LogP contribution >= 0.6 is 23.2 Å². The van der Waals surface area contributed by atoms with Crippen molar-refractivity contribution >= 4 is 29.1 Å². The molecule has 3 rings (SSSR count). The van der Waals surface area contributed by atoms with Gasteiger partial charge in [0.2, 0.25) is 0 Å². The lowest BCUT2D eigenvalue weighted by molar-refractivity contribution is 0.0742. The van der Waals surface area contributed by atoms with Gasteiger partial charge in [-0.15, -0.1) is 0 Å². The second-order valence-electron chi connectivity index (χ2n) is 6.88. The summed E-state index contributed by atoms with van der Waals surface area (Å²) in [5.74, 6) is 1.19. The van der Waals surface area contributed by atoms with Crippen molar-refractivity contribution in [1.29, 1.82) is 0 Å². The number of rotatable bonds is 6. The van der Waals surface area contributed by atoms with Gasteiger partial charge in [-0.2, -0.15) is 0 Å². The van der Waals surface area contributed by atoms with Crippen molar-refractivity contribution in [2.75, 3.05) is 7.05 Å². The Morgan fingerprint density at radius 2 is 1.97 bits per heavy atom. The highest BCUT2D eigenvalue weighted by Gasteiger charge is 2.21. The van der Waals surface area contributed by atoms with Gasteiger partial charge in [0.1, 0.15) is 18.1 Å². The molecule has 0 spiro atoms. The van der Waals surface area contributed by atoms with Crippen LogP contribution in [0.2, 0.25) is 10.0 Å². The molecule has 1 amide bonds. The Labute approximate surface area is 180 Å². The van der Waals surface area contributed by atoms with Gasteiger partial charge in [-0.25, -0.2) is 0 Å². The Bertz CT molecular complexity index is 1010. The monoisotopic (exact) mass is 432 g/mol. The molecule has 1 atom stereocenters. The van der Waals surface area contributed by atoms with Crippen LogP contribution in [0.15, 0.2) is 47.0 Å². The summed E-state index contributed by atoms with van der Waals surface area (Å²) in [5, 5.41) is 5.01. The van der Waals surface area contributed by atoms with Crippen LogP contribution in [0.1, 0.15) is 45.9 Å². The van der Waals surface area contributed by atoms with Crippen LogP contribution in [0.5, 0.6) is 5.75 Å². The molecule has 152 valence electrons. The Morgan fingerprint density at radius 1 is 1.21 bits per heavy atom. The molecule has 1 aromatic heterocycles. The molecule has 3 aromatic rings. The molecule has 1 unspecified atom stereocenters. The number of halogens is 2. The van der Waals surface area contributed by atoms with Crippen LogP contribution < -0.4 is 4.74 Å². The molecular weight excluding hydrogens is 411 g/mol. The minimum absolute atomic E-state index is 0.133. The molecule has 5 nitrogen and oxygen atoms in total. The highest BCUT2D eigenvalue weighted by Crippen LogP contribution is 2.30. The first kappa shape index (κ1) is 21.2. The molecule has 0 N–H and O–H groups in total. The lowest BCUT2D eigenvalue weighted by atomic mass is 10.1. The van der Waals surface area contributed by atoms with Gasteiger partial charge in [0.05, 0.1) is 17.3 Å². The molecule has 7 heteroatoms. The molecule has 0 aliphatic carbocycles. The summed E-state index contributed by atoms with van der Waals surface area (Å²) in [6, 6.07) is 12.2. The van der Waals surface area contributed by atoms with Crippen LogP contribution in [0.25, 0.3) is 0 Å². The van der Waals surface area contributed by atoms with Crippen molar-refractivity contribution in [2.45, 2.75) is 33.4 Å². The van der Waals surface area contributed by atoms with Crippen LogP contribution in [-0.2, 0) is 6.61 Å². The number of benzene rings is 2. The van der Waals surface area contributed by atoms with E-state index in [2.05, 4.69) is 5.16 Å². The van der Waals surface area contributed by atoms with Gasteiger partial charge in [0.25, 0.3) is 5.91 Å². The van der Waals surface area contributed by atoms with Gasteiger partial charge in [-0.05, 0) is 56.7 Å². The number of hydrogen-bond donors (Lipinski definition) is 0. The third kappa shape index (κ3) is 4.74. The topological polar surface area (TPSA) is 55.6 Å². The average Bonchev–Trinajstić information content (AvgIpc) is 3.02. The van der Waals surface area contributed by atoms with Gasteiger partial charge in [-0.3, -0.25) is 4.79 Å². The van der Waals surface area contributed by atoms with E-state index in [1.807, 2.05) is 32.9 Å². The number of aromatic nitrogens is 1. The minimum atomic E-state index is -0.223. The number of ether oxygens (including phenoxy) is 1. The first-order valence-corrected chi connectivity index (χ1v) is 9.90. The van der Waals surface area contributed by atoms with Crippen LogP contribution in [0.4, 0.5) is 0 Å². The summed E-state index contributed by atoms with van der Waals surface area (Å²) in [6.45, 7) is 5.96. The van der Waals surface area contributed by atoms with E-state index in [0.29, 0.717) is 28.0 Å². The fourth-order valence-corrected chi connectivity index (χ4v) is 3.58. The Kier molecular flexibility index (Phi) is 6.50. The third-order valence-electron chi connectivity index (χ3n) is 4.96. The molecular formula is C22H22Cl2N2O3. The van der Waals surface area contributed by atoms with E-state index < -0.39 is 0 Å². The number of carbonyl (C=O) groups is 1. The van der Waals surface area contributed by atoms with Gasteiger partial charge < -0.3 is 14.2 Å². The molecule has 0 saturated carbocycles. The van der Waals surface area contributed by atoms with Crippen molar-refractivity contribution in [1.82, 2.24) is 10.1 Å². The van der Waals surface area contributed by atoms with Crippen LogP contribution in [0.3, 0.4) is 0 Å². The smallest absolute Gasteiger partial charge is 0.254 e. The van der Waals surface area contributed by atoms with E-state index in [0.717, 1.165) is 22.6 Å². The van der Waals surface area contributed by atoms with Crippen molar-refractivity contribution in [3.05, 3.63) is 80.7 Å². The molecule has 0 saturated heterocycles. The van der Waals surface area contributed by atoms with Crippen molar-refractivity contribution in [3.63, 3.8) is 0 Å². The van der Waals surface area contributed by atoms with Crippen molar-refractivity contribution in [3.8, 4) is 5.75 Å². The number of carbonyl (C=O) groups excluding carboxylic acids is 1. The van der Waals surface area contributed by atoms with E-state index in [1.54, 1.807) is 42.3 Å². The van der Waals surface area contributed by atoms with Gasteiger partial charge >= 0.3 is 0 Å². The van der Waals surface area contributed by atoms with E-state index >= 15 is 0 Å². The summed E-state index contributed by atoms with van der Waals surface area (Å²) in [7, 11) is 1.75. The SMILES string of the molecule is Cc1noc(C)c1COc1cccc(C(=O)N(C)C(C)c2ccc(Cl)cc2Cl)c1. The molecule has 0 aliphatic rings. The molecule has 0 fully saturated rings. The van der Waals surface area contributed by atoms with Crippen molar-refractivity contribution in [2.24, 2.45) is 0 Å². The molecule has 1 heterocycles. The maximum atomic E-state index is 13.0. The molecule has 0 aliphatic heterocycles. The van der Waals surface area contributed by atoms with Gasteiger partial charge in [-0.1, -0.05) is 40.5 Å². The normalized spacial score (nSPS) is 11.9. The zero-order valence-corrected chi connectivity index (χ0v) is 18.2. The quantitative estimate of drug-likeness (QED) is 0.478. The highest BCUT2D eigenvalue weighted by molar-refractivity contribution is 6.35. The Morgan fingerprint density at radius 3 is 2.62 bits per heavy atom. The zero-order chi connectivity index (χ0) is 21.1. The average molecular weight is 433 g/mol. The van der Waals surface area contributed by atoms with E-state index in [4.69, 9.17) is 32.5 Å². The molecule has 29 heavy (non-hydrogen) atoms. The number of nitrogens with zero attached hydrogens (tertiary/aromatic N) is 2. The predicted molar refractivity (Wildman–Crippen MR) is 114 cm³/mol. The standard InChI is InChI=1S/C22H22Cl2N2O3/c1-13-20(15(3)29-25-13)12-28-18-7-5-6-16(10-18)22(27)26(4)14(2)19-9-8-17(23)11-21(19)24/h5-11,14H,12H2,1-4H3. The first-order valence-electron chi connectivity index (χ1n) is 9.14. The van der Waals surface area contributed by atoms with Crippen LogP contribution in [0, 0.1) is 13.8 Å². The Balaban J connectivity index is 1.74. The van der Waals surface area contributed by atoms with E-state index in [9.17, 15) is 4.79 Å². The molecule has 2 aromatic carbocycles. The van der Waals surface area contributed by atoms with Gasteiger partial charge in [0.15, 0.2) is 0 Å². The second kappa shape index (κ2) is 8.89. The number of aryl methyl sites for hydroxylation is 2. The maximum Gasteiger partial charge on any atom is 0.254 e. The summed E-state index contributed by atoms with van der Waals surface area (Å²) in [6.07, 6.45) is 0. The summed E-state index contributed by atoms with van der Waals surface area (Å²) < 4.78 is 11.0. The van der Waals surface area contributed by atoms with E-state index in [-0.39, 0.29) is 11.9 Å². The third-order valence-corrected chi connectivity index (χ3v) is 5.52. The molecule has 0 radical (unpaired) electrons. The second-order valence-corrected chi connectivity index (χ2v) is 7.72. The summed E-state index contributed by atoms with van der Waals surface area (Å²) in [5.41, 5.74) is 3.06. The summed E-state index contributed by atoms with van der Waals surface area (Å²) >= 11 is 12.3. The largest absolute Gasteiger partial charge is 0.489 e. The fraction of sp³-hybridized carbons (Fsp3) is 0.273. The minimum Gasteiger partial charge on any atom is -0.489 e. The lowest BCUT2D eigenvalue weighted by Crippen LogP contribution is -2.29. The Hall–Kier alpha value is -2.50. The highest BCUT2D eigenvalue weighted by atomic mass is 35.5. The number of amides is 1. The first-order chi connectivity index (χ1) is 13.8. The van der Waals surface area contributed by atoms with E-state index in [1.165, 1.54) is 0 Å². The fourth-order valence-electron chi connectivity index (χ4n) is 3.01. The predicted octanol–water partition coefficient (Wildman–Crippen LogP) is 6.01. The maximum absolute atomic E-state index is 13.0. The molecule has 0 bridgehead atoms. The van der Waals surface area contributed by atoms with Crippen LogP contribution in [-0.4, -0.2) is 23.0 Å².